The number of nitrogens with one attached hydrogen (secondary N) is 1. The van der Waals surface area contributed by atoms with E-state index in [0.717, 1.165) is 5.56 Å². The second-order valence-electron chi connectivity index (χ2n) is 6.05. The number of hydrogen-bond donors (Lipinski definition) is 2. The molecule has 23 heavy (non-hydrogen) atoms. The first-order valence-corrected chi connectivity index (χ1v) is 7.80. The van der Waals surface area contributed by atoms with Crippen LogP contribution in [0.2, 0.25) is 0 Å². The monoisotopic (exact) mass is 312 g/mol. The Labute approximate surface area is 137 Å². The van der Waals surface area contributed by atoms with Gasteiger partial charge in [-0.2, -0.15) is 0 Å². The number of hydrogen-bond acceptors (Lipinski definition) is 3. The number of anilines is 2. The van der Waals surface area contributed by atoms with Gasteiger partial charge in [0.25, 0.3) is 5.91 Å². The predicted octanol–water partition coefficient (Wildman–Crippen LogP) is 4.11. The number of amides is 1. The number of ether oxygens (including phenoxy) is 1. The highest BCUT2D eigenvalue weighted by Crippen LogP contribution is 2.22. The van der Waals surface area contributed by atoms with Gasteiger partial charge in [0.1, 0.15) is 5.75 Å². The summed E-state index contributed by atoms with van der Waals surface area (Å²) in [7, 11) is 0. The Morgan fingerprint density at radius 1 is 1.13 bits per heavy atom. The van der Waals surface area contributed by atoms with Crippen molar-refractivity contribution in [3.8, 4) is 5.75 Å². The normalized spacial score (nSPS) is 12.0. The summed E-state index contributed by atoms with van der Waals surface area (Å²) in [4.78, 5) is 12.3. The maximum Gasteiger partial charge on any atom is 0.265 e. The van der Waals surface area contributed by atoms with Gasteiger partial charge in [-0.25, -0.2) is 0 Å². The Bertz CT molecular complexity index is 696. The number of carbonyl (C=O) groups excluding carboxylic acids is 1. The van der Waals surface area contributed by atoms with Crippen molar-refractivity contribution in [2.24, 2.45) is 0 Å². The topological polar surface area (TPSA) is 64.3 Å². The van der Waals surface area contributed by atoms with Crippen LogP contribution >= 0.6 is 0 Å². The van der Waals surface area contributed by atoms with Crippen LogP contribution in [-0.2, 0) is 4.79 Å². The summed E-state index contributed by atoms with van der Waals surface area (Å²) >= 11 is 0. The van der Waals surface area contributed by atoms with Crippen molar-refractivity contribution in [1.82, 2.24) is 0 Å². The summed E-state index contributed by atoms with van der Waals surface area (Å²) < 4.78 is 5.77. The fourth-order valence-electron chi connectivity index (χ4n) is 2.21. The number of carbonyl (C=O) groups is 1. The molecule has 2 aromatic rings. The second kappa shape index (κ2) is 7.18. The molecule has 0 aromatic heterocycles. The van der Waals surface area contributed by atoms with Crippen LogP contribution in [0.1, 0.15) is 37.8 Å². The van der Waals surface area contributed by atoms with E-state index >= 15 is 0 Å². The Kier molecular flexibility index (Phi) is 5.27. The molecule has 0 bridgehead atoms. The summed E-state index contributed by atoms with van der Waals surface area (Å²) in [6, 6.07) is 13.3. The summed E-state index contributed by atoms with van der Waals surface area (Å²) in [6.07, 6.45) is -0.599. The van der Waals surface area contributed by atoms with Crippen molar-refractivity contribution in [1.29, 1.82) is 0 Å². The van der Waals surface area contributed by atoms with E-state index < -0.39 is 6.10 Å². The van der Waals surface area contributed by atoms with Gasteiger partial charge in [0.05, 0.1) is 0 Å². The van der Waals surface area contributed by atoms with Crippen LogP contribution in [-0.4, -0.2) is 12.0 Å². The summed E-state index contributed by atoms with van der Waals surface area (Å²) in [5.74, 6) is 0.912. The standard InChI is InChI=1S/C19H24N2O2/c1-12(2)15-6-5-7-17(10-15)23-14(4)19(22)21-18-11-16(20)9-8-13(18)3/h5-12,14H,20H2,1-4H3,(H,21,22). The van der Waals surface area contributed by atoms with Gasteiger partial charge in [0.2, 0.25) is 0 Å². The highest BCUT2D eigenvalue weighted by atomic mass is 16.5. The van der Waals surface area contributed by atoms with Crippen LogP contribution in [0.15, 0.2) is 42.5 Å². The lowest BCUT2D eigenvalue weighted by Gasteiger charge is -2.17. The fourth-order valence-corrected chi connectivity index (χ4v) is 2.21. The molecule has 2 aromatic carbocycles. The van der Waals surface area contributed by atoms with Crippen LogP contribution in [0.25, 0.3) is 0 Å². The number of rotatable bonds is 5. The van der Waals surface area contributed by atoms with E-state index in [0.29, 0.717) is 23.0 Å². The SMILES string of the molecule is Cc1ccc(N)cc1NC(=O)C(C)Oc1cccc(C(C)C)c1. The minimum Gasteiger partial charge on any atom is -0.481 e. The lowest BCUT2D eigenvalue weighted by atomic mass is 10.0. The molecule has 1 unspecified atom stereocenters. The number of benzene rings is 2. The van der Waals surface area contributed by atoms with Crippen LogP contribution in [0.4, 0.5) is 11.4 Å². The molecule has 0 fully saturated rings. The van der Waals surface area contributed by atoms with Crippen LogP contribution in [0.5, 0.6) is 5.75 Å². The first-order valence-electron chi connectivity index (χ1n) is 7.80. The lowest BCUT2D eigenvalue weighted by Crippen LogP contribution is -2.30. The van der Waals surface area contributed by atoms with Gasteiger partial charge in [-0.3, -0.25) is 4.79 Å². The zero-order valence-corrected chi connectivity index (χ0v) is 14.1. The van der Waals surface area contributed by atoms with Gasteiger partial charge in [-0.1, -0.05) is 32.0 Å². The highest BCUT2D eigenvalue weighted by molar-refractivity contribution is 5.95. The fraction of sp³-hybridized carbons (Fsp3) is 0.316. The Hall–Kier alpha value is -2.49. The van der Waals surface area contributed by atoms with Crippen LogP contribution in [0.3, 0.4) is 0 Å². The smallest absolute Gasteiger partial charge is 0.265 e. The molecule has 1 atom stereocenters. The maximum atomic E-state index is 12.3. The molecule has 3 N–H and O–H groups in total. The molecule has 122 valence electrons. The summed E-state index contributed by atoms with van der Waals surface area (Å²) in [5, 5.41) is 2.86. The van der Waals surface area contributed by atoms with E-state index in [4.69, 9.17) is 10.5 Å². The van der Waals surface area contributed by atoms with Crippen LogP contribution in [0, 0.1) is 6.92 Å². The van der Waals surface area contributed by atoms with Gasteiger partial charge in [0.15, 0.2) is 6.10 Å². The van der Waals surface area contributed by atoms with E-state index in [2.05, 4.69) is 25.2 Å². The Balaban J connectivity index is 2.05. The zero-order chi connectivity index (χ0) is 17.0. The Morgan fingerprint density at radius 3 is 2.57 bits per heavy atom. The first-order chi connectivity index (χ1) is 10.9. The lowest BCUT2D eigenvalue weighted by molar-refractivity contribution is -0.122. The average Bonchev–Trinajstić information content (AvgIpc) is 2.51. The van der Waals surface area contributed by atoms with Crippen molar-refractivity contribution in [3.05, 3.63) is 53.6 Å². The van der Waals surface area contributed by atoms with Gasteiger partial charge >= 0.3 is 0 Å². The third-order valence-electron chi connectivity index (χ3n) is 3.73. The largest absolute Gasteiger partial charge is 0.481 e. The molecule has 0 aliphatic carbocycles. The molecule has 0 saturated heterocycles. The van der Waals surface area contributed by atoms with Crippen LogP contribution < -0.4 is 15.8 Å². The average molecular weight is 312 g/mol. The molecule has 0 spiro atoms. The molecule has 4 heteroatoms. The molecular weight excluding hydrogens is 288 g/mol. The minimum absolute atomic E-state index is 0.200. The number of aryl methyl sites for hydroxylation is 1. The quantitative estimate of drug-likeness (QED) is 0.817. The number of nitrogens with two attached hydrogens (primary N) is 1. The molecule has 0 aliphatic rings. The van der Waals surface area contributed by atoms with Crippen molar-refractivity contribution in [2.75, 3.05) is 11.1 Å². The zero-order valence-electron chi connectivity index (χ0n) is 14.1. The Morgan fingerprint density at radius 2 is 1.87 bits per heavy atom. The molecule has 0 aliphatic heterocycles. The van der Waals surface area contributed by atoms with Gasteiger partial charge in [-0.15, -0.1) is 0 Å². The first kappa shape index (κ1) is 16.9. The molecule has 0 saturated carbocycles. The van der Waals surface area contributed by atoms with Gasteiger partial charge in [0, 0.05) is 11.4 Å². The molecule has 2 rings (SSSR count). The molecule has 4 nitrogen and oxygen atoms in total. The van der Waals surface area contributed by atoms with E-state index in [-0.39, 0.29) is 5.91 Å². The van der Waals surface area contributed by atoms with E-state index in [9.17, 15) is 4.79 Å². The van der Waals surface area contributed by atoms with Crippen molar-refractivity contribution >= 4 is 17.3 Å². The van der Waals surface area contributed by atoms with E-state index in [1.165, 1.54) is 5.56 Å². The predicted molar refractivity (Wildman–Crippen MR) is 94.8 cm³/mol. The molecule has 0 heterocycles. The van der Waals surface area contributed by atoms with E-state index in [1.807, 2.05) is 37.3 Å². The molecular formula is C19H24N2O2. The minimum atomic E-state index is -0.599. The van der Waals surface area contributed by atoms with Crippen molar-refractivity contribution in [3.63, 3.8) is 0 Å². The van der Waals surface area contributed by atoms with Crippen molar-refractivity contribution < 1.29 is 9.53 Å². The number of nitrogen functional groups attached to an aromatic ring is 1. The highest BCUT2D eigenvalue weighted by Gasteiger charge is 2.16. The summed E-state index contributed by atoms with van der Waals surface area (Å²) in [6.45, 7) is 7.90. The van der Waals surface area contributed by atoms with Crippen molar-refractivity contribution in [2.45, 2.75) is 39.7 Å². The van der Waals surface area contributed by atoms with E-state index in [1.54, 1.807) is 13.0 Å². The maximum absolute atomic E-state index is 12.3. The van der Waals surface area contributed by atoms with Gasteiger partial charge < -0.3 is 15.8 Å². The second-order valence-corrected chi connectivity index (χ2v) is 6.05. The third kappa shape index (κ3) is 4.49. The van der Waals surface area contributed by atoms with Gasteiger partial charge in [-0.05, 0) is 55.2 Å². The molecule has 0 radical (unpaired) electrons. The third-order valence-corrected chi connectivity index (χ3v) is 3.73. The molecule has 1 amide bonds. The summed E-state index contributed by atoms with van der Waals surface area (Å²) in [5.41, 5.74) is 9.23.